The smallest absolute Gasteiger partial charge is 0.0935 e. The summed E-state index contributed by atoms with van der Waals surface area (Å²) in [6.07, 6.45) is 11.5. The van der Waals surface area contributed by atoms with Crippen molar-refractivity contribution in [2.24, 2.45) is 11.8 Å². The van der Waals surface area contributed by atoms with Gasteiger partial charge in [-0.1, -0.05) is 44.9 Å². The predicted octanol–water partition coefficient (Wildman–Crippen LogP) is 5.01. The minimum Gasteiger partial charge on any atom is -0.385 e. The van der Waals surface area contributed by atoms with Gasteiger partial charge in [0.05, 0.1) is 5.60 Å². The van der Waals surface area contributed by atoms with Crippen LogP contribution in [0.5, 0.6) is 0 Å². The van der Waals surface area contributed by atoms with Crippen molar-refractivity contribution in [3.05, 3.63) is 21.9 Å². The first kappa shape index (κ1) is 13.6. The van der Waals surface area contributed by atoms with Crippen LogP contribution in [0.1, 0.15) is 68.2 Å². The molecule has 106 valence electrons. The number of hydrogen-bond acceptors (Lipinski definition) is 2. The number of hydrogen-bond donors (Lipinski definition) is 1. The highest BCUT2D eigenvalue weighted by atomic mass is 32.1. The fourth-order valence-electron chi connectivity index (χ4n) is 4.37. The van der Waals surface area contributed by atoms with Crippen LogP contribution >= 0.6 is 11.3 Å². The molecule has 1 heterocycles. The molecule has 1 aromatic rings. The summed E-state index contributed by atoms with van der Waals surface area (Å²) in [4.78, 5) is 1.33. The highest BCUT2D eigenvalue weighted by molar-refractivity contribution is 7.10. The van der Waals surface area contributed by atoms with E-state index in [0.29, 0.717) is 5.92 Å². The zero-order valence-corrected chi connectivity index (χ0v) is 12.8. The average Bonchev–Trinajstić information content (AvgIpc) is 2.88. The summed E-state index contributed by atoms with van der Waals surface area (Å²) >= 11 is 1.79. The Balaban J connectivity index is 1.86. The van der Waals surface area contributed by atoms with Crippen molar-refractivity contribution in [3.63, 3.8) is 0 Å². The molecule has 19 heavy (non-hydrogen) atoms. The largest absolute Gasteiger partial charge is 0.385 e. The van der Waals surface area contributed by atoms with Gasteiger partial charge < -0.3 is 5.11 Å². The van der Waals surface area contributed by atoms with Crippen molar-refractivity contribution in [1.29, 1.82) is 0 Å². The topological polar surface area (TPSA) is 20.2 Å². The molecule has 0 aliphatic heterocycles. The van der Waals surface area contributed by atoms with Gasteiger partial charge >= 0.3 is 0 Å². The van der Waals surface area contributed by atoms with Crippen molar-refractivity contribution in [2.45, 2.75) is 70.3 Å². The first-order valence-electron chi connectivity index (χ1n) is 7.98. The second-order valence-electron chi connectivity index (χ2n) is 6.62. The lowest BCUT2D eigenvalue weighted by atomic mass is 9.63. The average molecular weight is 278 g/mol. The molecule has 2 fully saturated rings. The molecule has 2 aliphatic rings. The molecule has 0 bridgehead atoms. The fourth-order valence-corrected chi connectivity index (χ4v) is 5.15. The molecule has 0 amide bonds. The number of rotatable bonds is 2. The Morgan fingerprint density at radius 3 is 2.53 bits per heavy atom. The van der Waals surface area contributed by atoms with Gasteiger partial charge in [-0.05, 0) is 48.6 Å². The molecule has 3 rings (SSSR count). The molecule has 2 unspecified atom stereocenters. The Hall–Kier alpha value is -0.340. The standard InChI is InChI=1S/C17H26OS/c1-13-11-15(12-19-13)17(18)10-6-5-9-16(17)14-7-3-2-4-8-14/h11-12,14,16,18H,2-10H2,1H3. The first-order chi connectivity index (χ1) is 9.20. The van der Waals surface area contributed by atoms with Gasteiger partial charge in [0, 0.05) is 4.88 Å². The molecule has 1 N–H and O–H groups in total. The first-order valence-corrected chi connectivity index (χ1v) is 8.86. The molecule has 0 aromatic carbocycles. The van der Waals surface area contributed by atoms with E-state index < -0.39 is 5.60 Å². The van der Waals surface area contributed by atoms with Gasteiger partial charge in [-0.2, -0.15) is 0 Å². The Labute approximate surface area is 121 Å². The third-order valence-electron chi connectivity index (χ3n) is 5.39. The Kier molecular flexibility index (Phi) is 4.00. The molecule has 1 nitrogen and oxygen atoms in total. The van der Waals surface area contributed by atoms with E-state index in [1.54, 1.807) is 11.3 Å². The van der Waals surface area contributed by atoms with Crippen molar-refractivity contribution in [2.75, 3.05) is 0 Å². The Bertz CT molecular complexity index is 419. The Morgan fingerprint density at radius 2 is 1.84 bits per heavy atom. The van der Waals surface area contributed by atoms with Crippen LogP contribution in [0.15, 0.2) is 11.4 Å². The van der Waals surface area contributed by atoms with E-state index in [9.17, 15) is 5.11 Å². The van der Waals surface area contributed by atoms with Crippen LogP contribution in [-0.2, 0) is 5.60 Å². The summed E-state index contributed by atoms with van der Waals surface area (Å²) in [7, 11) is 0. The van der Waals surface area contributed by atoms with Crippen molar-refractivity contribution in [1.82, 2.24) is 0 Å². The Morgan fingerprint density at radius 1 is 1.11 bits per heavy atom. The van der Waals surface area contributed by atoms with Crippen LogP contribution in [0, 0.1) is 18.8 Å². The molecule has 2 aliphatic carbocycles. The quantitative estimate of drug-likeness (QED) is 0.806. The highest BCUT2D eigenvalue weighted by Crippen LogP contribution is 2.49. The zero-order chi connectivity index (χ0) is 13.3. The highest BCUT2D eigenvalue weighted by Gasteiger charge is 2.44. The van der Waals surface area contributed by atoms with Gasteiger partial charge in [0.15, 0.2) is 0 Å². The van der Waals surface area contributed by atoms with Crippen molar-refractivity contribution in [3.8, 4) is 0 Å². The van der Waals surface area contributed by atoms with Crippen LogP contribution in [0.3, 0.4) is 0 Å². The maximum absolute atomic E-state index is 11.4. The summed E-state index contributed by atoms with van der Waals surface area (Å²) in [6, 6.07) is 2.23. The van der Waals surface area contributed by atoms with Crippen LogP contribution in [0.2, 0.25) is 0 Å². The van der Waals surface area contributed by atoms with E-state index in [-0.39, 0.29) is 0 Å². The molecule has 2 heteroatoms. The van der Waals surface area contributed by atoms with Crippen LogP contribution in [-0.4, -0.2) is 5.11 Å². The van der Waals surface area contributed by atoms with Crippen LogP contribution in [0.4, 0.5) is 0 Å². The zero-order valence-electron chi connectivity index (χ0n) is 12.0. The molecule has 0 saturated heterocycles. The lowest BCUT2D eigenvalue weighted by Gasteiger charge is -2.45. The summed E-state index contributed by atoms with van der Waals surface area (Å²) in [6.45, 7) is 2.15. The van der Waals surface area contributed by atoms with Gasteiger partial charge in [-0.15, -0.1) is 11.3 Å². The monoisotopic (exact) mass is 278 g/mol. The molecule has 0 spiro atoms. The van der Waals surface area contributed by atoms with Gasteiger partial charge in [-0.25, -0.2) is 0 Å². The van der Waals surface area contributed by atoms with E-state index in [1.807, 2.05) is 0 Å². The minimum atomic E-state index is -0.523. The van der Waals surface area contributed by atoms with Crippen molar-refractivity contribution >= 4 is 11.3 Å². The SMILES string of the molecule is Cc1cc(C2(O)CCCCC2C2CCCCC2)cs1. The maximum atomic E-state index is 11.4. The van der Waals surface area contributed by atoms with Gasteiger partial charge in [0.25, 0.3) is 0 Å². The maximum Gasteiger partial charge on any atom is 0.0935 e. The summed E-state index contributed by atoms with van der Waals surface area (Å²) < 4.78 is 0. The summed E-state index contributed by atoms with van der Waals surface area (Å²) in [5, 5.41) is 13.6. The van der Waals surface area contributed by atoms with Gasteiger partial charge in [-0.3, -0.25) is 0 Å². The normalized spacial score (nSPS) is 33.5. The van der Waals surface area contributed by atoms with Gasteiger partial charge in [0.2, 0.25) is 0 Å². The van der Waals surface area contributed by atoms with E-state index >= 15 is 0 Å². The third kappa shape index (κ3) is 2.62. The third-order valence-corrected chi connectivity index (χ3v) is 6.25. The fraction of sp³-hybridized carbons (Fsp3) is 0.765. The van der Waals surface area contributed by atoms with E-state index in [2.05, 4.69) is 18.4 Å². The lowest BCUT2D eigenvalue weighted by Crippen LogP contribution is -2.42. The number of thiophene rings is 1. The second-order valence-corrected chi connectivity index (χ2v) is 7.74. The lowest BCUT2D eigenvalue weighted by molar-refractivity contribution is -0.0832. The van der Waals surface area contributed by atoms with Crippen LogP contribution in [0.25, 0.3) is 0 Å². The summed E-state index contributed by atoms with van der Waals surface area (Å²) in [5.74, 6) is 1.27. The van der Waals surface area contributed by atoms with Crippen LogP contribution < -0.4 is 0 Å². The van der Waals surface area contributed by atoms with Crippen molar-refractivity contribution < 1.29 is 5.11 Å². The molecule has 2 atom stereocenters. The molecular formula is C17H26OS. The molecular weight excluding hydrogens is 252 g/mol. The van der Waals surface area contributed by atoms with E-state index in [0.717, 1.165) is 12.3 Å². The molecule has 0 radical (unpaired) electrons. The van der Waals surface area contributed by atoms with E-state index in [4.69, 9.17) is 0 Å². The number of aryl methyl sites for hydroxylation is 1. The number of aliphatic hydroxyl groups is 1. The summed E-state index contributed by atoms with van der Waals surface area (Å²) in [5.41, 5.74) is 0.690. The van der Waals surface area contributed by atoms with E-state index in [1.165, 1.54) is 61.8 Å². The predicted molar refractivity (Wildman–Crippen MR) is 81.5 cm³/mol. The molecule has 2 saturated carbocycles. The minimum absolute atomic E-state index is 0.510. The molecule has 1 aromatic heterocycles. The van der Waals surface area contributed by atoms with Gasteiger partial charge in [0.1, 0.15) is 0 Å². The second kappa shape index (κ2) is 5.57.